The molecule has 3 rings (SSSR count). The van der Waals surface area contributed by atoms with E-state index in [1.165, 1.54) is 0 Å². The maximum Gasteiger partial charge on any atom is 0.255 e. The van der Waals surface area contributed by atoms with Gasteiger partial charge in [-0.25, -0.2) is 0 Å². The quantitative estimate of drug-likeness (QED) is 0.706. The Morgan fingerprint density at radius 2 is 2.11 bits per heavy atom. The zero-order valence-electron chi connectivity index (χ0n) is 9.41. The molecule has 3 aromatic rings. The van der Waals surface area contributed by atoms with Gasteiger partial charge in [-0.2, -0.15) is 0 Å². The lowest BCUT2D eigenvalue weighted by molar-refractivity contribution is 1.28. The summed E-state index contributed by atoms with van der Waals surface area (Å²) in [5.74, 6) is 0. The molecule has 1 aromatic heterocycles. The summed E-state index contributed by atoms with van der Waals surface area (Å²) in [5, 5.41) is 2.05. The molecular formula is C15H9ClNO. The largest absolute Gasteiger partial charge is 0.329 e. The molecule has 0 saturated carbocycles. The van der Waals surface area contributed by atoms with Crippen molar-refractivity contribution in [2.45, 2.75) is 0 Å². The summed E-state index contributed by atoms with van der Waals surface area (Å²) < 4.78 is 0. The number of halogens is 1. The summed E-state index contributed by atoms with van der Waals surface area (Å²) in [5.41, 5.74) is 1.77. The van der Waals surface area contributed by atoms with Gasteiger partial charge in [0.15, 0.2) is 0 Å². The molecule has 87 valence electrons. The van der Waals surface area contributed by atoms with Crippen LogP contribution in [-0.4, -0.2) is 4.98 Å². The van der Waals surface area contributed by atoms with Gasteiger partial charge in [-0.15, -0.1) is 0 Å². The number of fused-ring (bicyclic) bond motifs is 1. The molecule has 0 fully saturated rings. The molecule has 0 bridgehead atoms. The summed E-state index contributed by atoms with van der Waals surface area (Å²) in [6, 6.07) is 16.1. The Bertz CT molecular complexity index is 762. The van der Waals surface area contributed by atoms with Gasteiger partial charge in [0, 0.05) is 22.2 Å². The van der Waals surface area contributed by atoms with Crippen molar-refractivity contribution >= 4 is 22.4 Å². The van der Waals surface area contributed by atoms with Crippen LogP contribution >= 0.6 is 11.6 Å². The lowest BCUT2D eigenvalue weighted by atomic mass is 10.0. The van der Waals surface area contributed by atoms with E-state index in [0.717, 1.165) is 16.5 Å². The lowest BCUT2D eigenvalue weighted by Gasteiger charge is -2.06. The summed E-state index contributed by atoms with van der Waals surface area (Å²) >= 11 is 6.24. The molecule has 1 heterocycles. The van der Waals surface area contributed by atoms with Crippen LogP contribution in [-0.2, 0) is 0 Å². The minimum atomic E-state index is -0.124. The summed E-state index contributed by atoms with van der Waals surface area (Å²) in [6.07, 6.45) is 1.64. The first-order chi connectivity index (χ1) is 8.75. The average Bonchev–Trinajstić information content (AvgIpc) is 2.40. The number of benzene rings is 2. The summed E-state index contributed by atoms with van der Waals surface area (Å²) in [6.45, 7) is 0. The van der Waals surface area contributed by atoms with Crippen molar-refractivity contribution in [3.63, 3.8) is 0 Å². The Balaban J connectivity index is 2.33. The predicted molar refractivity (Wildman–Crippen MR) is 73.9 cm³/mol. The maximum absolute atomic E-state index is 11.7. The molecule has 3 heteroatoms. The molecule has 0 atom stereocenters. The molecule has 18 heavy (non-hydrogen) atoms. The number of aromatic nitrogens is 1. The Labute approximate surface area is 109 Å². The zero-order valence-corrected chi connectivity index (χ0v) is 10.2. The smallest absolute Gasteiger partial charge is 0.255 e. The number of hydrogen-bond acceptors (Lipinski definition) is 1. The van der Waals surface area contributed by atoms with E-state index in [9.17, 15) is 4.79 Å². The topological polar surface area (TPSA) is 32.9 Å². The molecule has 0 aliphatic heterocycles. The molecule has 0 saturated heterocycles. The first-order valence-electron chi connectivity index (χ1n) is 5.53. The van der Waals surface area contributed by atoms with Gasteiger partial charge in [0.2, 0.25) is 0 Å². The second-order valence-electron chi connectivity index (χ2n) is 4.02. The number of H-pyrrole nitrogens is 1. The average molecular weight is 255 g/mol. The first-order valence-corrected chi connectivity index (χ1v) is 5.91. The molecule has 0 aliphatic carbocycles. The zero-order chi connectivity index (χ0) is 12.5. The first kappa shape index (κ1) is 11.1. The van der Waals surface area contributed by atoms with E-state index in [1.807, 2.05) is 36.4 Å². The Kier molecular flexibility index (Phi) is 2.65. The highest BCUT2D eigenvalue weighted by Crippen LogP contribution is 2.30. The fourth-order valence-electron chi connectivity index (χ4n) is 1.99. The van der Waals surface area contributed by atoms with Crippen LogP contribution < -0.4 is 5.56 Å². The Morgan fingerprint density at radius 3 is 2.89 bits per heavy atom. The third kappa shape index (κ3) is 1.81. The number of hydrogen-bond donors (Lipinski definition) is 1. The highest BCUT2D eigenvalue weighted by atomic mass is 35.5. The van der Waals surface area contributed by atoms with Crippen LogP contribution in [0.25, 0.3) is 21.9 Å². The third-order valence-corrected chi connectivity index (χ3v) is 3.19. The van der Waals surface area contributed by atoms with Gasteiger partial charge in [-0.05, 0) is 41.3 Å². The summed E-state index contributed by atoms with van der Waals surface area (Å²) in [7, 11) is 0. The van der Waals surface area contributed by atoms with E-state index < -0.39 is 0 Å². The monoisotopic (exact) mass is 254 g/mol. The molecule has 0 spiro atoms. The van der Waals surface area contributed by atoms with E-state index in [-0.39, 0.29) is 5.56 Å². The number of pyridine rings is 1. The molecule has 0 aliphatic rings. The van der Waals surface area contributed by atoms with Crippen LogP contribution in [0.1, 0.15) is 0 Å². The van der Waals surface area contributed by atoms with Crippen molar-refractivity contribution < 1.29 is 0 Å². The molecule has 0 amide bonds. The number of rotatable bonds is 1. The van der Waals surface area contributed by atoms with Crippen molar-refractivity contribution in [3.8, 4) is 11.1 Å². The standard InChI is InChI=1S/C15H9ClNO/c16-14-9-13-11(6-7-17-15(13)18)8-12(14)10-4-2-1-3-5-10/h1-2,4-9H,(H,17,18). The number of nitrogens with one attached hydrogen (secondary N) is 1. The predicted octanol–water partition coefficient (Wildman–Crippen LogP) is 3.65. The highest BCUT2D eigenvalue weighted by Gasteiger charge is 2.07. The van der Waals surface area contributed by atoms with Crippen molar-refractivity contribution in [1.29, 1.82) is 0 Å². The van der Waals surface area contributed by atoms with Gasteiger partial charge in [0.25, 0.3) is 5.56 Å². The van der Waals surface area contributed by atoms with Crippen LogP contribution in [0.15, 0.2) is 53.5 Å². The van der Waals surface area contributed by atoms with Crippen LogP contribution in [0, 0.1) is 6.07 Å². The fraction of sp³-hybridized carbons (Fsp3) is 0. The van der Waals surface area contributed by atoms with Gasteiger partial charge < -0.3 is 4.98 Å². The Hall–Kier alpha value is -2.06. The van der Waals surface area contributed by atoms with Crippen LogP contribution in [0.5, 0.6) is 0 Å². The molecular weight excluding hydrogens is 246 g/mol. The van der Waals surface area contributed by atoms with Crippen molar-refractivity contribution in [1.82, 2.24) is 4.98 Å². The number of aromatic amines is 1. The fourth-order valence-corrected chi connectivity index (χ4v) is 2.26. The molecule has 0 unspecified atom stereocenters. The second-order valence-corrected chi connectivity index (χ2v) is 4.43. The van der Waals surface area contributed by atoms with Crippen molar-refractivity contribution in [2.75, 3.05) is 0 Å². The SMILES string of the molecule is O=c1[nH]ccc2cc(-c3c[c]ccc3)c(Cl)cc12. The molecule has 1 radical (unpaired) electrons. The van der Waals surface area contributed by atoms with Crippen LogP contribution in [0.4, 0.5) is 0 Å². The van der Waals surface area contributed by atoms with E-state index >= 15 is 0 Å². The molecule has 2 aromatic carbocycles. The van der Waals surface area contributed by atoms with E-state index in [0.29, 0.717) is 10.4 Å². The second kappa shape index (κ2) is 4.31. The molecule has 2 nitrogen and oxygen atoms in total. The highest BCUT2D eigenvalue weighted by molar-refractivity contribution is 6.34. The van der Waals surface area contributed by atoms with Gasteiger partial charge in [0.05, 0.1) is 0 Å². The van der Waals surface area contributed by atoms with Gasteiger partial charge >= 0.3 is 0 Å². The maximum atomic E-state index is 11.7. The van der Waals surface area contributed by atoms with Gasteiger partial charge in [0.1, 0.15) is 0 Å². The van der Waals surface area contributed by atoms with Gasteiger partial charge in [-0.1, -0.05) is 29.8 Å². The minimum Gasteiger partial charge on any atom is -0.329 e. The van der Waals surface area contributed by atoms with Crippen molar-refractivity contribution in [3.05, 3.63) is 70.1 Å². The Morgan fingerprint density at radius 1 is 1.22 bits per heavy atom. The van der Waals surface area contributed by atoms with Gasteiger partial charge in [-0.3, -0.25) is 4.79 Å². The molecule has 1 N–H and O–H groups in total. The van der Waals surface area contributed by atoms with Crippen LogP contribution in [0.3, 0.4) is 0 Å². The normalized spacial score (nSPS) is 10.7. The van der Waals surface area contributed by atoms with E-state index in [2.05, 4.69) is 11.1 Å². The third-order valence-electron chi connectivity index (χ3n) is 2.88. The summed E-state index contributed by atoms with van der Waals surface area (Å²) in [4.78, 5) is 14.3. The van der Waals surface area contributed by atoms with Crippen molar-refractivity contribution in [2.24, 2.45) is 0 Å². The van der Waals surface area contributed by atoms with E-state index in [1.54, 1.807) is 12.3 Å². The minimum absolute atomic E-state index is 0.124. The van der Waals surface area contributed by atoms with Crippen LogP contribution in [0.2, 0.25) is 5.02 Å². The van der Waals surface area contributed by atoms with E-state index in [4.69, 9.17) is 11.6 Å². The lowest BCUT2D eigenvalue weighted by Crippen LogP contribution is -2.04.